The van der Waals surface area contributed by atoms with Gasteiger partial charge in [0.2, 0.25) is 5.76 Å². The first-order chi connectivity index (χ1) is 10.0. The number of nitriles is 1. The predicted molar refractivity (Wildman–Crippen MR) is 76.9 cm³/mol. The molecule has 0 aliphatic carbocycles. The summed E-state index contributed by atoms with van der Waals surface area (Å²) in [5.41, 5.74) is 0.737. The molecule has 108 valence electrons. The number of thiazole rings is 1. The van der Waals surface area contributed by atoms with Crippen LogP contribution in [0.2, 0.25) is 0 Å². The third kappa shape index (κ3) is 3.77. The SMILES string of the molecule is Cc1csc([C@@H](C#N)C(=O)COC(=O)c2ccc(Br)o2)n1. The van der Waals surface area contributed by atoms with Crippen LogP contribution in [0.3, 0.4) is 0 Å². The monoisotopic (exact) mass is 368 g/mol. The summed E-state index contributed by atoms with van der Waals surface area (Å²) in [6, 6.07) is 4.83. The Balaban J connectivity index is 1.97. The van der Waals surface area contributed by atoms with Crippen molar-refractivity contribution in [3.8, 4) is 6.07 Å². The quantitative estimate of drug-likeness (QED) is 0.753. The third-order valence-electron chi connectivity index (χ3n) is 2.45. The zero-order valence-corrected chi connectivity index (χ0v) is 13.2. The van der Waals surface area contributed by atoms with Gasteiger partial charge in [0.1, 0.15) is 5.01 Å². The average Bonchev–Trinajstić information content (AvgIpc) is 3.06. The van der Waals surface area contributed by atoms with E-state index in [4.69, 9.17) is 14.4 Å². The highest BCUT2D eigenvalue weighted by Crippen LogP contribution is 2.21. The van der Waals surface area contributed by atoms with Gasteiger partial charge in [-0.05, 0) is 35.0 Å². The van der Waals surface area contributed by atoms with E-state index in [1.807, 2.05) is 6.07 Å². The van der Waals surface area contributed by atoms with Gasteiger partial charge in [0.25, 0.3) is 0 Å². The van der Waals surface area contributed by atoms with Crippen molar-refractivity contribution in [3.05, 3.63) is 38.6 Å². The molecule has 2 heterocycles. The van der Waals surface area contributed by atoms with E-state index in [9.17, 15) is 9.59 Å². The number of furan rings is 1. The van der Waals surface area contributed by atoms with Crippen LogP contribution in [0, 0.1) is 18.3 Å². The normalized spacial score (nSPS) is 11.7. The Labute approximate surface area is 132 Å². The van der Waals surface area contributed by atoms with E-state index in [1.54, 1.807) is 12.3 Å². The molecule has 0 unspecified atom stereocenters. The fourth-order valence-corrected chi connectivity index (χ4v) is 2.65. The molecule has 0 aliphatic rings. The summed E-state index contributed by atoms with van der Waals surface area (Å²) >= 11 is 4.28. The molecule has 2 rings (SSSR count). The van der Waals surface area contributed by atoms with Gasteiger partial charge in [0.05, 0.1) is 6.07 Å². The molecular weight excluding hydrogens is 360 g/mol. The number of nitrogens with zero attached hydrogens (tertiary/aromatic N) is 2. The van der Waals surface area contributed by atoms with Crippen LogP contribution >= 0.6 is 27.3 Å². The van der Waals surface area contributed by atoms with Gasteiger partial charge in [-0.3, -0.25) is 4.79 Å². The summed E-state index contributed by atoms with van der Waals surface area (Å²) in [6.07, 6.45) is 0. The van der Waals surface area contributed by atoms with Crippen molar-refractivity contribution in [1.29, 1.82) is 5.26 Å². The summed E-state index contributed by atoms with van der Waals surface area (Å²) < 4.78 is 10.2. The van der Waals surface area contributed by atoms with E-state index < -0.39 is 24.3 Å². The van der Waals surface area contributed by atoms with Crippen molar-refractivity contribution in [2.75, 3.05) is 6.61 Å². The number of halogens is 1. The molecule has 21 heavy (non-hydrogen) atoms. The Kier molecular flexibility index (Phi) is 4.88. The van der Waals surface area contributed by atoms with Gasteiger partial charge in [0.15, 0.2) is 23.0 Å². The number of carbonyl (C=O) groups excluding carboxylic acids is 2. The highest BCUT2D eigenvalue weighted by atomic mass is 79.9. The number of aromatic nitrogens is 1. The van der Waals surface area contributed by atoms with Gasteiger partial charge in [-0.15, -0.1) is 11.3 Å². The predicted octanol–water partition coefficient (Wildman–Crippen LogP) is 2.84. The van der Waals surface area contributed by atoms with E-state index in [0.29, 0.717) is 9.68 Å². The molecule has 0 bridgehead atoms. The number of hydrogen-bond donors (Lipinski definition) is 0. The molecule has 6 nitrogen and oxygen atoms in total. The number of carbonyl (C=O) groups is 2. The molecule has 8 heteroatoms. The lowest BCUT2D eigenvalue weighted by Crippen LogP contribution is -2.19. The smallest absolute Gasteiger partial charge is 0.374 e. The largest absolute Gasteiger partial charge is 0.452 e. The number of ether oxygens (including phenoxy) is 1. The molecule has 1 atom stereocenters. The molecule has 0 aromatic carbocycles. The summed E-state index contributed by atoms with van der Waals surface area (Å²) in [6.45, 7) is 1.27. The molecule has 0 amide bonds. The summed E-state index contributed by atoms with van der Waals surface area (Å²) in [5.74, 6) is -2.33. The van der Waals surface area contributed by atoms with Crippen LogP contribution in [0.25, 0.3) is 0 Å². The first-order valence-electron chi connectivity index (χ1n) is 5.78. The van der Waals surface area contributed by atoms with E-state index in [1.165, 1.54) is 23.5 Å². The topological polar surface area (TPSA) is 93.2 Å². The molecule has 0 N–H and O–H groups in total. The lowest BCUT2D eigenvalue weighted by atomic mass is 10.1. The first-order valence-corrected chi connectivity index (χ1v) is 7.45. The number of esters is 1. The van der Waals surface area contributed by atoms with Gasteiger partial charge in [-0.2, -0.15) is 5.26 Å². The van der Waals surface area contributed by atoms with E-state index in [0.717, 1.165) is 5.69 Å². The Morgan fingerprint density at radius 2 is 2.33 bits per heavy atom. The molecule has 0 saturated carbocycles. The minimum atomic E-state index is -1.03. The van der Waals surface area contributed by atoms with E-state index in [-0.39, 0.29) is 5.76 Å². The maximum atomic E-state index is 12.0. The first kappa shape index (κ1) is 15.4. The Morgan fingerprint density at radius 3 is 2.86 bits per heavy atom. The highest BCUT2D eigenvalue weighted by molar-refractivity contribution is 9.10. The van der Waals surface area contributed by atoms with Crippen LogP contribution in [-0.4, -0.2) is 23.3 Å². The zero-order valence-electron chi connectivity index (χ0n) is 10.8. The molecule has 0 fully saturated rings. The fourth-order valence-electron chi connectivity index (χ4n) is 1.48. The average molecular weight is 369 g/mol. The van der Waals surface area contributed by atoms with Gasteiger partial charge >= 0.3 is 5.97 Å². The lowest BCUT2D eigenvalue weighted by Gasteiger charge is -2.05. The van der Waals surface area contributed by atoms with Crippen molar-refractivity contribution in [2.24, 2.45) is 0 Å². The van der Waals surface area contributed by atoms with Crippen LogP contribution in [0.4, 0.5) is 0 Å². The Bertz CT molecular complexity index is 716. The second-order valence-corrected chi connectivity index (χ2v) is 5.71. The van der Waals surface area contributed by atoms with Crippen molar-refractivity contribution < 1.29 is 18.7 Å². The van der Waals surface area contributed by atoms with Crippen LogP contribution < -0.4 is 0 Å². The number of rotatable bonds is 5. The number of hydrogen-bond acceptors (Lipinski definition) is 7. The van der Waals surface area contributed by atoms with Crippen molar-refractivity contribution >= 4 is 39.0 Å². The van der Waals surface area contributed by atoms with Crippen LogP contribution in [0.5, 0.6) is 0 Å². The van der Waals surface area contributed by atoms with Gasteiger partial charge in [0, 0.05) is 11.1 Å². The van der Waals surface area contributed by atoms with Crippen LogP contribution in [0.1, 0.15) is 27.2 Å². The third-order valence-corrected chi connectivity index (χ3v) is 3.91. The Hall–Kier alpha value is -1.98. The standard InChI is InChI=1S/C13H9BrN2O4S/c1-7-6-21-12(16-7)8(4-15)9(17)5-19-13(18)10-2-3-11(14)20-10/h2-3,6,8H,5H2,1H3/t8-/m0/s1. The van der Waals surface area contributed by atoms with E-state index in [2.05, 4.69) is 20.9 Å². The minimum Gasteiger partial charge on any atom is -0.452 e. The fraction of sp³-hybridized carbons (Fsp3) is 0.231. The van der Waals surface area contributed by atoms with Crippen molar-refractivity contribution in [2.45, 2.75) is 12.8 Å². The highest BCUT2D eigenvalue weighted by Gasteiger charge is 2.25. The van der Waals surface area contributed by atoms with Crippen LogP contribution in [-0.2, 0) is 9.53 Å². The maximum Gasteiger partial charge on any atom is 0.374 e. The second kappa shape index (κ2) is 6.65. The molecular formula is C13H9BrN2O4S. The van der Waals surface area contributed by atoms with Gasteiger partial charge in [-0.1, -0.05) is 0 Å². The van der Waals surface area contributed by atoms with Crippen molar-refractivity contribution in [3.63, 3.8) is 0 Å². The molecule has 2 aromatic rings. The number of Topliss-reactive ketones (excluding diaryl/α,β-unsaturated/α-hetero) is 1. The second-order valence-electron chi connectivity index (χ2n) is 4.04. The van der Waals surface area contributed by atoms with Crippen molar-refractivity contribution in [1.82, 2.24) is 4.98 Å². The molecule has 0 aliphatic heterocycles. The number of aryl methyl sites for hydroxylation is 1. The molecule has 0 radical (unpaired) electrons. The summed E-state index contributed by atoms with van der Waals surface area (Å²) in [4.78, 5) is 27.7. The molecule has 0 saturated heterocycles. The number of ketones is 1. The van der Waals surface area contributed by atoms with Gasteiger partial charge < -0.3 is 9.15 Å². The van der Waals surface area contributed by atoms with E-state index >= 15 is 0 Å². The zero-order chi connectivity index (χ0) is 15.4. The molecule has 0 spiro atoms. The lowest BCUT2D eigenvalue weighted by molar-refractivity contribution is -0.122. The summed E-state index contributed by atoms with van der Waals surface area (Å²) in [7, 11) is 0. The van der Waals surface area contributed by atoms with Gasteiger partial charge in [-0.25, -0.2) is 9.78 Å². The minimum absolute atomic E-state index is 0.0201. The maximum absolute atomic E-state index is 12.0. The van der Waals surface area contributed by atoms with Crippen LogP contribution in [0.15, 0.2) is 26.6 Å². The summed E-state index contributed by atoms with van der Waals surface area (Å²) in [5, 5.41) is 11.2. The Morgan fingerprint density at radius 1 is 1.57 bits per heavy atom. The molecule has 2 aromatic heterocycles.